The van der Waals surface area contributed by atoms with Crippen LogP contribution in [-0.4, -0.2) is 26.9 Å². The van der Waals surface area contributed by atoms with E-state index in [1.165, 1.54) is 0 Å². The zero-order valence-corrected chi connectivity index (χ0v) is 11.4. The molecule has 0 saturated heterocycles. The van der Waals surface area contributed by atoms with Crippen LogP contribution in [0.4, 0.5) is 0 Å². The molecule has 0 amide bonds. The molecule has 0 spiro atoms. The molecule has 0 N–H and O–H groups in total. The van der Waals surface area contributed by atoms with Crippen LogP contribution in [0.25, 0.3) is 0 Å². The predicted octanol–water partition coefficient (Wildman–Crippen LogP) is 2.70. The molecule has 4 heteroatoms. The van der Waals surface area contributed by atoms with Crippen molar-refractivity contribution in [2.45, 2.75) is 32.7 Å². The van der Waals surface area contributed by atoms with Gasteiger partial charge in [0.1, 0.15) is 6.10 Å². The molecule has 18 heavy (non-hydrogen) atoms. The molecule has 1 heterocycles. The maximum Gasteiger partial charge on any atom is 0.166 e. The second-order valence-electron chi connectivity index (χ2n) is 4.26. The van der Waals surface area contributed by atoms with Gasteiger partial charge in [0.05, 0.1) is 26.9 Å². The Kier molecular flexibility index (Phi) is 4.09. The lowest BCUT2D eigenvalue weighted by atomic mass is 9.95. The van der Waals surface area contributed by atoms with Gasteiger partial charge in [-0.1, -0.05) is 6.07 Å². The maximum atomic E-state index is 5.77. The van der Waals surface area contributed by atoms with Crippen LogP contribution in [0.1, 0.15) is 31.1 Å². The SMILES string of the molecule is CCOC1c2ccc(OC)c(OC)c2COC1C. The first-order chi connectivity index (χ1) is 8.72. The number of rotatable bonds is 4. The number of methoxy groups -OCH3 is 2. The molecule has 0 radical (unpaired) electrons. The Morgan fingerprint density at radius 2 is 2.06 bits per heavy atom. The number of ether oxygens (including phenoxy) is 4. The minimum atomic E-state index is -0.0430. The third kappa shape index (κ3) is 2.18. The molecule has 2 rings (SSSR count). The van der Waals surface area contributed by atoms with Gasteiger partial charge >= 0.3 is 0 Å². The van der Waals surface area contributed by atoms with Crippen LogP contribution >= 0.6 is 0 Å². The summed E-state index contributed by atoms with van der Waals surface area (Å²) < 4.78 is 22.3. The smallest absolute Gasteiger partial charge is 0.166 e. The monoisotopic (exact) mass is 252 g/mol. The lowest BCUT2D eigenvalue weighted by Gasteiger charge is -2.32. The van der Waals surface area contributed by atoms with Crippen molar-refractivity contribution in [2.24, 2.45) is 0 Å². The summed E-state index contributed by atoms with van der Waals surface area (Å²) in [6.07, 6.45) is 0.00843. The Labute approximate surface area is 108 Å². The van der Waals surface area contributed by atoms with E-state index in [0.29, 0.717) is 13.2 Å². The highest BCUT2D eigenvalue weighted by Crippen LogP contribution is 2.41. The van der Waals surface area contributed by atoms with E-state index in [1.54, 1.807) is 14.2 Å². The first-order valence-electron chi connectivity index (χ1n) is 6.19. The summed E-state index contributed by atoms with van der Waals surface area (Å²) in [5.41, 5.74) is 2.15. The molecule has 1 aromatic rings. The number of hydrogen-bond donors (Lipinski definition) is 0. The van der Waals surface area contributed by atoms with Crippen LogP contribution in [0.3, 0.4) is 0 Å². The van der Waals surface area contributed by atoms with E-state index in [1.807, 2.05) is 26.0 Å². The molecule has 0 fully saturated rings. The summed E-state index contributed by atoms with van der Waals surface area (Å²) in [4.78, 5) is 0. The third-order valence-corrected chi connectivity index (χ3v) is 3.25. The molecule has 0 aromatic heterocycles. The van der Waals surface area contributed by atoms with Gasteiger partial charge in [-0.3, -0.25) is 0 Å². The molecule has 0 aliphatic carbocycles. The number of benzene rings is 1. The minimum Gasteiger partial charge on any atom is -0.493 e. The highest BCUT2D eigenvalue weighted by atomic mass is 16.5. The fourth-order valence-electron chi connectivity index (χ4n) is 2.38. The van der Waals surface area contributed by atoms with Crippen molar-refractivity contribution in [2.75, 3.05) is 20.8 Å². The average molecular weight is 252 g/mol. The summed E-state index contributed by atoms with van der Waals surface area (Å²) in [6.45, 7) is 5.20. The van der Waals surface area contributed by atoms with Crippen molar-refractivity contribution in [3.05, 3.63) is 23.3 Å². The van der Waals surface area contributed by atoms with Crippen molar-refractivity contribution in [1.29, 1.82) is 0 Å². The van der Waals surface area contributed by atoms with Crippen molar-refractivity contribution >= 4 is 0 Å². The topological polar surface area (TPSA) is 36.9 Å². The van der Waals surface area contributed by atoms with Crippen molar-refractivity contribution < 1.29 is 18.9 Å². The summed E-state index contributed by atoms with van der Waals surface area (Å²) in [6, 6.07) is 3.96. The molecular formula is C14H20O4. The van der Waals surface area contributed by atoms with Gasteiger partial charge in [0, 0.05) is 12.2 Å². The lowest BCUT2D eigenvalue weighted by molar-refractivity contribution is -0.0848. The van der Waals surface area contributed by atoms with Crippen LogP contribution in [0, 0.1) is 0 Å². The summed E-state index contributed by atoms with van der Waals surface area (Å²) in [5.74, 6) is 1.47. The Morgan fingerprint density at radius 1 is 1.28 bits per heavy atom. The second kappa shape index (κ2) is 5.59. The summed E-state index contributed by atoms with van der Waals surface area (Å²) in [5, 5.41) is 0. The first kappa shape index (κ1) is 13.2. The van der Waals surface area contributed by atoms with Crippen molar-refractivity contribution in [3.8, 4) is 11.5 Å². The molecule has 1 aliphatic rings. The van der Waals surface area contributed by atoms with E-state index in [-0.39, 0.29) is 12.2 Å². The zero-order chi connectivity index (χ0) is 13.1. The molecule has 1 aromatic carbocycles. The first-order valence-corrected chi connectivity index (χ1v) is 6.19. The predicted molar refractivity (Wildman–Crippen MR) is 68.2 cm³/mol. The largest absolute Gasteiger partial charge is 0.493 e. The Morgan fingerprint density at radius 3 is 2.67 bits per heavy atom. The van der Waals surface area contributed by atoms with Crippen LogP contribution in [0.2, 0.25) is 0 Å². The molecule has 2 atom stereocenters. The molecular weight excluding hydrogens is 232 g/mol. The van der Waals surface area contributed by atoms with Gasteiger partial charge in [0.25, 0.3) is 0 Å². The standard InChI is InChI=1S/C14H20O4/c1-5-17-13-9(2)18-8-11-10(13)6-7-12(15-3)14(11)16-4/h6-7,9,13H,5,8H2,1-4H3. The summed E-state index contributed by atoms with van der Waals surface area (Å²) in [7, 11) is 3.28. The van der Waals surface area contributed by atoms with Gasteiger partial charge < -0.3 is 18.9 Å². The second-order valence-corrected chi connectivity index (χ2v) is 4.26. The molecule has 1 aliphatic heterocycles. The van der Waals surface area contributed by atoms with Gasteiger partial charge in [-0.15, -0.1) is 0 Å². The van der Waals surface area contributed by atoms with Gasteiger partial charge in [-0.05, 0) is 25.5 Å². The van der Waals surface area contributed by atoms with E-state index in [0.717, 1.165) is 22.6 Å². The van der Waals surface area contributed by atoms with Gasteiger partial charge in [0.2, 0.25) is 0 Å². The van der Waals surface area contributed by atoms with Crippen LogP contribution < -0.4 is 9.47 Å². The Hall–Kier alpha value is -1.26. The minimum absolute atomic E-state index is 0.0430. The van der Waals surface area contributed by atoms with Crippen LogP contribution in [0.5, 0.6) is 11.5 Å². The van der Waals surface area contributed by atoms with Gasteiger partial charge in [0.15, 0.2) is 11.5 Å². The van der Waals surface area contributed by atoms with Crippen molar-refractivity contribution in [3.63, 3.8) is 0 Å². The maximum absolute atomic E-state index is 5.77. The molecule has 100 valence electrons. The molecule has 2 unspecified atom stereocenters. The quantitative estimate of drug-likeness (QED) is 0.825. The van der Waals surface area contributed by atoms with E-state index >= 15 is 0 Å². The number of fused-ring (bicyclic) bond motifs is 1. The fourth-order valence-corrected chi connectivity index (χ4v) is 2.38. The average Bonchev–Trinajstić information content (AvgIpc) is 2.40. The molecule has 4 nitrogen and oxygen atoms in total. The molecule has 0 bridgehead atoms. The molecule has 0 saturated carbocycles. The van der Waals surface area contributed by atoms with E-state index in [4.69, 9.17) is 18.9 Å². The van der Waals surface area contributed by atoms with Gasteiger partial charge in [-0.2, -0.15) is 0 Å². The van der Waals surface area contributed by atoms with E-state index < -0.39 is 0 Å². The normalized spacial score (nSPS) is 22.4. The number of hydrogen-bond acceptors (Lipinski definition) is 4. The highest BCUT2D eigenvalue weighted by Gasteiger charge is 2.31. The van der Waals surface area contributed by atoms with E-state index in [9.17, 15) is 0 Å². The van der Waals surface area contributed by atoms with E-state index in [2.05, 4.69) is 0 Å². The highest BCUT2D eigenvalue weighted by molar-refractivity contribution is 5.52. The van der Waals surface area contributed by atoms with Crippen LogP contribution in [0.15, 0.2) is 12.1 Å². The lowest BCUT2D eigenvalue weighted by Crippen LogP contribution is -2.28. The summed E-state index contributed by atoms with van der Waals surface area (Å²) >= 11 is 0. The Balaban J connectivity index is 2.47. The third-order valence-electron chi connectivity index (χ3n) is 3.25. The Bertz CT molecular complexity index is 417. The van der Waals surface area contributed by atoms with Gasteiger partial charge in [-0.25, -0.2) is 0 Å². The zero-order valence-electron chi connectivity index (χ0n) is 11.4. The van der Waals surface area contributed by atoms with Crippen molar-refractivity contribution in [1.82, 2.24) is 0 Å². The fraction of sp³-hybridized carbons (Fsp3) is 0.571. The van der Waals surface area contributed by atoms with Crippen LogP contribution in [-0.2, 0) is 16.1 Å².